The topological polar surface area (TPSA) is 62.4 Å². The average Bonchev–Trinajstić information content (AvgIpc) is 2.71. The lowest BCUT2D eigenvalue weighted by Gasteiger charge is -2.31. The van der Waals surface area contributed by atoms with Crippen molar-refractivity contribution in [3.63, 3.8) is 0 Å². The van der Waals surface area contributed by atoms with E-state index in [0.29, 0.717) is 29.8 Å². The highest BCUT2D eigenvalue weighted by Gasteiger charge is 2.22. The van der Waals surface area contributed by atoms with Gasteiger partial charge in [0, 0.05) is 31.0 Å². The van der Waals surface area contributed by atoms with Gasteiger partial charge in [-0.15, -0.1) is 0 Å². The Hall–Kier alpha value is -1.43. The Kier molecular flexibility index (Phi) is 7.13. The summed E-state index contributed by atoms with van der Waals surface area (Å²) in [7, 11) is 1.89. The number of rotatable bonds is 6. The van der Waals surface area contributed by atoms with E-state index in [1.54, 1.807) is 6.07 Å². The van der Waals surface area contributed by atoms with Crippen molar-refractivity contribution in [2.75, 3.05) is 13.7 Å². The number of nitrogens with one attached hydrogen (secondary N) is 1. The molecule has 1 amide bonds. The quantitative estimate of drug-likeness (QED) is 0.476. The molecule has 0 aliphatic heterocycles. The fourth-order valence-electron chi connectivity index (χ4n) is 3.63. The Labute approximate surface area is 178 Å². The molecule has 1 heterocycles. The minimum Gasteiger partial charge on any atom is -0.490 e. The molecule has 152 valence electrons. The minimum absolute atomic E-state index is 0.127. The molecule has 0 atom stereocenters. The molecule has 2 aromatic rings. The van der Waals surface area contributed by atoms with Gasteiger partial charge in [0.15, 0.2) is 5.75 Å². The smallest absolute Gasteiger partial charge is 0.248 e. The van der Waals surface area contributed by atoms with Crippen molar-refractivity contribution >= 4 is 51.6 Å². The van der Waals surface area contributed by atoms with Crippen molar-refractivity contribution in [2.24, 2.45) is 0 Å². The number of amides is 1. The number of H-pyrrole nitrogens is 1. The third kappa shape index (κ3) is 4.58. The predicted octanol–water partition coefficient (Wildman–Crippen LogP) is 5.44. The van der Waals surface area contributed by atoms with Crippen molar-refractivity contribution < 1.29 is 9.53 Å². The Morgan fingerprint density at radius 1 is 1.14 bits per heavy atom. The van der Waals surface area contributed by atoms with E-state index in [4.69, 9.17) is 39.5 Å². The normalized spacial score (nSPS) is 15.0. The van der Waals surface area contributed by atoms with E-state index in [-0.39, 0.29) is 38.9 Å². The maximum atomic E-state index is 12.4. The van der Waals surface area contributed by atoms with Gasteiger partial charge in [0.1, 0.15) is 5.02 Å². The lowest BCUT2D eigenvalue weighted by atomic mass is 9.94. The molecule has 0 spiro atoms. The number of aromatic nitrogens is 1. The lowest BCUT2D eigenvalue weighted by molar-refractivity contribution is -0.132. The average molecular weight is 446 g/mol. The van der Waals surface area contributed by atoms with Crippen LogP contribution in [-0.4, -0.2) is 35.5 Å². The van der Waals surface area contributed by atoms with Crippen LogP contribution in [0.5, 0.6) is 5.75 Å². The number of hydrogen-bond donors (Lipinski definition) is 1. The Balaban J connectivity index is 1.62. The summed E-state index contributed by atoms with van der Waals surface area (Å²) in [5.74, 6) is 0.391. The van der Waals surface area contributed by atoms with Gasteiger partial charge in [-0.25, -0.2) is 0 Å². The number of benzene rings is 1. The molecular weight excluding hydrogens is 423 g/mol. The van der Waals surface area contributed by atoms with Crippen LogP contribution in [0.4, 0.5) is 0 Å². The van der Waals surface area contributed by atoms with Gasteiger partial charge in [0.2, 0.25) is 11.5 Å². The van der Waals surface area contributed by atoms with Gasteiger partial charge in [-0.05, 0) is 25.3 Å². The second-order valence-corrected chi connectivity index (χ2v) is 8.26. The fraction of sp³-hybridized carbons (Fsp3) is 0.500. The van der Waals surface area contributed by atoms with Gasteiger partial charge < -0.3 is 14.6 Å². The molecule has 0 unspecified atom stereocenters. The maximum absolute atomic E-state index is 12.4. The number of ether oxygens (including phenoxy) is 1. The summed E-state index contributed by atoms with van der Waals surface area (Å²) in [6, 6.07) is 3.29. The van der Waals surface area contributed by atoms with E-state index in [1.165, 1.54) is 25.3 Å². The van der Waals surface area contributed by atoms with Gasteiger partial charge >= 0.3 is 0 Å². The number of pyridine rings is 1. The van der Waals surface area contributed by atoms with E-state index < -0.39 is 0 Å². The largest absolute Gasteiger partial charge is 0.490 e. The van der Waals surface area contributed by atoms with Gasteiger partial charge in [-0.3, -0.25) is 9.59 Å². The van der Waals surface area contributed by atoms with Crippen LogP contribution in [0.1, 0.15) is 44.9 Å². The molecule has 1 aromatic carbocycles. The van der Waals surface area contributed by atoms with Gasteiger partial charge in [0.25, 0.3) is 0 Å². The molecule has 1 aliphatic carbocycles. The summed E-state index contributed by atoms with van der Waals surface area (Å²) in [4.78, 5) is 28.4. The first-order chi connectivity index (χ1) is 13.4. The zero-order valence-corrected chi connectivity index (χ0v) is 18.0. The number of nitrogens with zero attached hydrogens (tertiary/aromatic N) is 1. The van der Waals surface area contributed by atoms with E-state index in [0.717, 1.165) is 12.8 Å². The Morgan fingerprint density at radius 2 is 1.86 bits per heavy atom. The van der Waals surface area contributed by atoms with Crippen LogP contribution in [0.3, 0.4) is 0 Å². The number of hydrogen-bond acceptors (Lipinski definition) is 3. The molecule has 3 rings (SSSR count). The van der Waals surface area contributed by atoms with Crippen LogP contribution in [0.2, 0.25) is 15.1 Å². The van der Waals surface area contributed by atoms with Gasteiger partial charge in [0.05, 0.1) is 22.2 Å². The Bertz CT molecular complexity index is 923. The number of halogens is 3. The summed E-state index contributed by atoms with van der Waals surface area (Å²) in [6.45, 7) is 0.287. The van der Waals surface area contributed by atoms with Crippen molar-refractivity contribution in [3.05, 3.63) is 37.6 Å². The zero-order valence-electron chi connectivity index (χ0n) is 15.7. The number of carbonyl (C=O) groups is 1. The van der Waals surface area contributed by atoms with Crippen LogP contribution < -0.4 is 10.3 Å². The standard InChI is InChI=1S/C20H23Cl3N2O3/c1-25(12-6-3-2-4-7-12)15(27)8-5-11-28-20-16(21)13-9-10-14(26)24-19(13)17(22)18(20)23/h9-10,12H,2-8,11H2,1H3,(H,24,26). The third-order valence-corrected chi connectivity index (χ3v) is 6.47. The Morgan fingerprint density at radius 3 is 2.57 bits per heavy atom. The number of aromatic amines is 1. The van der Waals surface area contributed by atoms with Crippen LogP contribution in [-0.2, 0) is 4.79 Å². The summed E-state index contributed by atoms with van der Waals surface area (Å²) in [5, 5.41) is 1.17. The van der Waals surface area contributed by atoms with Crippen LogP contribution in [0.15, 0.2) is 16.9 Å². The zero-order chi connectivity index (χ0) is 20.3. The molecule has 1 fully saturated rings. The van der Waals surface area contributed by atoms with Crippen LogP contribution in [0.25, 0.3) is 10.9 Å². The summed E-state index contributed by atoms with van der Waals surface area (Å²) in [5.41, 5.74) is 0.0802. The molecule has 1 saturated carbocycles. The number of fused-ring (bicyclic) bond motifs is 1. The monoisotopic (exact) mass is 444 g/mol. The van der Waals surface area contributed by atoms with E-state index in [9.17, 15) is 9.59 Å². The molecule has 1 N–H and O–H groups in total. The highest BCUT2D eigenvalue weighted by molar-refractivity contribution is 6.49. The molecule has 8 heteroatoms. The van der Waals surface area contributed by atoms with Gasteiger partial charge in [-0.1, -0.05) is 54.1 Å². The first-order valence-corrected chi connectivity index (χ1v) is 10.6. The van der Waals surface area contributed by atoms with Crippen molar-refractivity contribution in [1.82, 2.24) is 9.88 Å². The minimum atomic E-state index is -0.296. The van der Waals surface area contributed by atoms with Crippen molar-refractivity contribution in [3.8, 4) is 5.75 Å². The molecule has 0 radical (unpaired) electrons. The summed E-state index contributed by atoms with van der Waals surface area (Å²) < 4.78 is 5.75. The first kappa shape index (κ1) is 21.3. The van der Waals surface area contributed by atoms with Crippen molar-refractivity contribution in [1.29, 1.82) is 0 Å². The van der Waals surface area contributed by atoms with E-state index in [2.05, 4.69) is 4.98 Å². The summed E-state index contributed by atoms with van der Waals surface area (Å²) in [6.07, 6.45) is 6.76. The summed E-state index contributed by atoms with van der Waals surface area (Å²) >= 11 is 18.9. The second kappa shape index (κ2) is 9.38. The molecular formula is C20H23Cl3N2O3. The molecule has 1 aromatic heterocycles. The first-order valence-electron chi connectivity index (χ1n) is 9.48. The highest BCUT2D eigenvalue weighted by atomic mass is 35.5. The maximum Gasteiger partial charge on any atom is 0.248 e. The predicted molar refractivity (Wildman–Crippen MR) is 114 cm³/mol. The second-order valence-electron chi connectivity index (χ2n) is 7.13. The van der Waals surface area contributed by atoms with Crippen LogP contribution >= 0.6 is 34.8 Å². The highest BCUT2D eigenvalue weighted by Crippen LogP contribution is 2.44. The molecule has 0 bridgehead atoms. The van der Waals surface area contributed by atoms with Crippen molar-refractivity contribution in [2.45, 2.75) is 51.0 Å². The molecule has 5 nitrogen and oxygen atoms in total. The third-order valence-electron chi connectivity index (χ3n) is 5.26. The molecule has 1 aliphatic rings. The number of carbonyl (C=O) groups excluding carboxylic acids is 1. The van der Waals surface area contributed by atoms with E-state index in [1.807, 2.05) is 11.9 Å². The van der Waals surface area contributed by atoms with E-state index >= 15 is 0 Å². The van der Waals surface area contributed by atoms with Gasteiger partial charge in [-0.2, -0.15) is 0 Å². The SMILES string of the molecule is CN(C(=O)CCCOc1c(Cl)c(Cl)c2[nH]c(=O)ccc2c1Cl)C1CCCCC1. The fourth-order valence-corrected chi connectivity index (χ4v) is 4.46. The molecule has 28 heavy (non-hydrogen) atoms. The van der Waals surface area contributed by atoms with Crippen LogP contribution in [0, 0.1) is 0 Å². The molecule has 0 saturated heterocycles. The lowest BCUT2D eigenvalue weighted by Crippen LogP contribution is -2.38.